The predicted octanol–water partition coefficient (Wildman–Crippen LogP) is 2.63. The molecule has 0 aliphatic carbocycles. The standard InChI is InChI=1S/C18H21N3O7/c1-6-27-14-8-10(11(16(22)26-5)7-13(14)21(24)25)15(20)12(9-19)17(23)28-18(2,3)4/h7-8,12,20H,6H2,1-5H3. The molecule has 150 valence electrons. The summed E-state index contributed by atoms with van der Waals surface area (Å²) in [6, 6.07) is 3.64. The van der Waals surface area contributed by atoms with Gasteiger partial charge in [0.05, 0.1) is 36.0 Å². The molecule has 0 saturated carbocycles. The van der Waals surface area contributed by atoms with Gasteiger partial charge in [-0.15, -0.1) is 0 Å². The van der Waals surface area contributed by atoms with E-state index in [1.807, 2.05) is 0 Å². The predicted molar refractivity (Wildman–Crippen MR) is 97.4 cm³/mol. The molecule has 0 aliphatic rings. The van der Waals surface area contributed by atoms with Gasteiger partial charge in [0.15, 0.2) is 11.7 Å². The topological polar surface area (TPSA) is 153 Å². The molecule has 1 aromatic rings. The highest BCUT2D eigenvalue weighted by atomic mass is 16.6. The Labute approximate surface area is 161 Å². The van der Waals surface area contributed by atoms with Crippen molar-refractivity contribution in [2.24, 2.45) is 5.92 Å². The maximum absolute atomic E-state index is 12.3. The molecule has 0 aromatic heterocycles. The minimum absolute atomic E-state index is 0.0823. The molecule has 1 aromatic carbocycles. The number of ether oxygens (including phenoxy) is 3. The number of nitriles is 1. The first-order chi connectivity index (χ1) is 13.0. The Kier molecular flexibility index (Phi) is 7.21. The highest BCUT2D eigenvalue weighted by molar-refractivity contribution is 6.16. The van der Waals surface area contributed by atoms with E-state index >= 15 is 0 Å². The van der Waals surface area contributed by atoms with Gasteiger partial charge in [0.25, 0.3) is 0 Å². The zero-order valence-corrected chi connectivity index (χ0v) is 16.2. The molecule has 28 heavy (non-hydrogen) atoms. The zero-order chi connectivity index (χ0) is 21.6. The van der Waals surface area contributed by atoms with Crippen LogP contribution in [0.2, 0.25) is 0 Å². The van der Waals surface area contributed by atoms with E-state index in [1.165, 1.54) is 0 Å². The SMILES string of the molecule is CCOc1cc(C(=N)C(C#N)C(=O)OC(C)(C)C)c(C(=O)OC)cc1[N+](=O)[O-]. The van der Waals surface area contributed by atoms with Crippen molar-refractivity contribution < 1.29 is 28.7 Å². The van der Waals surface area contributed by atoms with Crippen molar-refractivity contribution in [3.63, 3.8) is 0 Å². The van der Waals surface area contributed by atoms with Crippen LogP contribution in [0, 0.1) is 32.8 Å². The minimum atomic E-state index is -1.65. The zero-order valence-electron chi connectivity index (χ0n) is 16.2. The van der Waals surface area contributed by atoms with Crippen LogP contribution in [0.25, 0.3) is 0 Å². The third-order valence-electron chi connectivity index (χ3n) is 3.35. The van der Waals surface area contributed by atoms with Gasteiger partial charge in [-0.25, -0.2) is 4.79 Å². The molecule has 1 N–H and O–H groups in total. The largest absolute Gasteiger partial charge is 0.487 e. The molecule has 0 amide bonds. The van der Waals surface area contributed by atoms with Gasteiger partial charge in [-0.3, -0.25) is 14.9 Å². The van der Waals surface area contributed by atoms with Gasteiger partial charge in [-0.2, -0.15) is 5.26 Å². The highest BCUT2D eigenvalue weighted by Gasteiger charge is 2.33. The number of rotatable bonds is 7. The third kappa shape index (κ3) is 5.26. The number of carbonyl (C=O) groups is 2. The molecule has 0 fully saturated rings. The molecular weight excluding hydrogens is 370 g/mol. The summed E-state index contributed by atoms with van der Waals surface area (Å²) >= 11 is 0. The van der Waals surface area contributed by atoms with E-state index in [1.54, 1.807) is 33.8 Å². The fraction of sp³-hybridized carbons (Fsp3) is 0.444. The molecule has 10 heteroatoms. The summed E-state index contributed by atoms with van der Waals surface area (Å²) in [5.41, 5.74) is -2.51. The summed E-state index contributed by atoms with van der Waals surface area (Å²) in [7, 11) is 1.06. The first-order valence-corrected chi connectivity index (χ1v) is 8.21. The first-order valence-electron chi connectivity index (χ1n) is 8.21. The molecule has 0 aliphatic heterocycles. The fourth-order valence-corrected chi connectivity index (χ4v) is 2.24. The van der Waals surface area contributed by atoms with Crippen LogP contribution in [0.4, 0.5) is 5.69 Å². The Morgan fingerprint density at radius 3 is 2.36 bits per heavy atom. The maximum atomic E-state index is 12.3. The van der Waals surface area contributed by atoms with Gasteiger partial charge >= 0.3 is 17.6 Å². The lowest BCUT2D eigenvalue weighted by atomic mass is 9.93. The van der Waals surface area contributed by atoms with Crippen molar-refractivity contribution in [3.8, 4) is 11.8 Å². The molecule has 1 rings (SSSR count). The number of nitro benzene ring substituents is 1. The molecular formula is C18H21N3O7. The van der Waals surface area contributed by atoms with Crippen LogP contribution < -0.4 is 4.74 Å². The fourth-order valence-electron chi connectivity index (χ4n) is 2.24. The second-order valence-corrected chi connectivity index (χ2v) is 6.56. The summed E-state index contributed by atoms with van der Waals surface area (Å²) in [6.45, 7) is 6.48. The summed E-state index contributed by atoms with van der Waals surface area (Å²) in [6.07, 6.45) is 0. The molecule has 10 nitrogen and oxygen atoms in total. The minimum Gasteiger partial charge on any atom is -0.487 e. The van der Waals surface area contributed by atoms with E-state index in [4.69, 9.17) is 14.9 Å². The normalized spacial score (nSPS) is 11.7. The van der Waals surface area contributed by atoms with Crippen LogP contribution in [-0.2, 0) is 14.3 Å². The Balaban J connectivity index is 3.58. The van der Waals surface area contributed by atoms with E-state index in [2.05, 4.69) is 4.74 Å². The summed E-state index contributed by atoms with van der Waals surface area (Å²) in [5.74, 6) is -3.81. The Morgan fingerprint density at radius 1 is 1.32 bits per heavy atom. The molecule has 0 saturated heterocycles. The number of methoxy groups -OCH3 is 1. The lowest BCUT2D eigenvalue weighted by Gasteiger charge is -2.22. The van der Waals surface area contributed by atoms with Gasteiger partial charge in [0, 0.05) is 11.6 Å². The number of nitrogens with zero attached hydrogens (tertiary/aromatic N) is 2. The number of hydrogen-bond donors (Lipinski definition) is 1. The second-order valence-electron chi connectivity index (χ2n) is 6.56. The Hall–Kier alpha value is -3.48. The molecule has 0 radical (unpaired) electrons. The molecule has 0 spiro atoms. The Morgan fingerprint density at radius 2 is 1.93 bits per heavy atom. The van der Waals surface area contributed by atoms with E-state index < -0.39 is 39.8 Å². The van der Waals surface area contributed by atoms with Crippen molar-refractivity contribution in [2.75, 3.05) is 13.7 Å². The average Bonchev–Trinajstić information content (AvgIpc) is 2.59. The van der Waals surface area contributed by atoms with Gasteiger partial charge in [0.1, 0.15) is 5.60 Å². The van der Waals surface area contributed by atoms with E-state index in [0.29, 0.717) is 0 Å². The number of hydrogen-bond acceptors (Lipinski definition) is 9. The number of nitrogens with one attached hydrogen (secondary N) is 1. The summed E-state index contributed by atoms with van der Waals surface area (Å²) < 4.78 is 15.0. The number of nitro groups is 1. The summed E-state index contributed by atoms with van der Waals surface area (Å²) in [5, 5.41) is 29.0. The first kappa shape index (κ1) is 22.6. The Bertz CT molecular complexity index is 850. The second kappa shape index (κ2) is 8.94. The van der Waals surface area contributed by atoms with Crippen LogP contribution in [0.5, 0.6) is 5.75 Å². The van der Waals surface area contributed by atoms with Crippen molar-refractivity contribution in [3.05, 3.63) is 33.4 Å². The molecule has 1 unspecified atom stereocenters. The lowest BCUT2D eigenvalue weighted by molar-refractivity contribution is -0.385. The number of esters is 2. The van der Waals surface area contributed by atoms with E-state index in [-0.39, 0.29) is 23.5 Å². The van der Waals surface area contributed by atoms with Crippen LogP contribution in [0.3, 0.4) is 0 Å². The maximum Gasteiger partial charge on any atom is 0.338 e. The van der Waals surface area contributed by atoms with Gasteiger partial charge < -0.3 is 19.6 Å². The highest BCUT2D eigenvalue weighted by Crippen LogP contribution is 2.32. The lowest BCUT2D eigenvalue weighted by Crippen LogP contribution is -2.32. The van der Waals surface area contributed by atoms with Gasteiger partial charge in [-0.1, -0.05) is 0 Å². The van der Waals surface area contributed by atoms with Crippen molar-refractivity contribution in [2.45, 2.75) is 33.3 Å². The van der Waals surface area contributed by atoms with Crippen LogP contribution in [-0.4, -0.2) is 41.9 Å². The molecule has 0 heterocycles. The van der Waals surface area contributed by atoms with Crippen molar-refractivity contribution in [1.29, 1.82) is 10.7 Å². The molecule has 0 bridgehead atoms. The number of benzene rings is 1. The third-order valence-corrected chi connectivity index (χ3v) is 3.35. The smallest absolute Gasteiger partial charge is 0.338 e. The number of carbonyl (C=O) groups excluding carboxylic acids is 2. The molecule has 1 atom stereocenters. The van der Waals surface area contributed by atoms with Gasteiger partial charge in [0.2, 0.25) is 0 Å². The van der Waals surface area contributed by atoms with Crippen LogP contribution in [0.1, 0.15) is 43.6 Å². The summed E-state index contributed by atoms with van der Waals surface area (Å²) in [4.78, 5) is 35.0. The van der Waals surface area contributed by atoms with E-state index in [0.717, 1.165) is 19.2 Å². The van der Waals surface area contributed by atoms with Crippen molar-refractivity contribution in [1.82, 2.24) is 0 Å². The van der Waals surface area contributed by atoms with Crippen LogP contribution >= 0.6 is 0 Å². The quantitative estimate of drug-likeness (QED) is 0.322. The monoisotopic (exact) mass is 391 g/mol. The van der Waals surface area contributed by atoms with E-state index in [9.17, 15) is 25.0 Å². The average molecular weight is 391 g/mol. The van der Waals surface area contributed by atoms with Gasteiger partial charge in [-0.05, 0) is 33.8 Å². The van der Waals surface area contributed by atoms with Crippen LogP contribution in [0.15, 0.2) is 12.1 Å². The van der Waals surface area contributed by atoms with Crippen molar-refractivity contribution >= 4 is 23.3 Å².